The molecule has 1 aliphatic heterocycles. The second kappa shape index (κ2) is 5.75. The lowest BCUT2D eigenvalue weighted by Gasteiger charge is -2.05. The van der Waals surface area contributed by atoms with Crippen molar-refractivity contribution in [3.63, 3.8) is 0 Å². The molecule has 1 aromatic carbocycles. The van der Waals surface area contributed by atoms with Crippen LogP contribution < -0.4 is 10.6 Å². The van der Waals surface area contributed by atoms with Crippen LogP contribution in [0, 0.1) is 0 Å². The molecule has 0 aromatic heterocycles. The number of benzene rings is 1. The van der Waals surface area contributed by atoms with Gasteiger partial charge in [0, 0.05) is 24.3 Å². The highest BCUT2D eigenvalue weighted by Crippen LogP contribution is 2.22. The summed E-state index contributed by atoms with van der Waals surface area (Å²) < 4.78 is 0. The summed E-state index contributed by atoms with van der Waals surface area (Å²) in [6.45, 7) is 3.77. The van der Waals surface area contributed by atoms with E-state index < -0.39 is 0 Å². The molecule has 0 fully saturated rings. The van der Waals surface area contributed by atoms with E-state index in [9.17, 15) is 4.79 Å². The maximum atomic E-state index is 11.7. The number of hydrogen-bond donors (Lipinski definition) is 2. The predicted molar refractivity (Wildman–Crippen MR) is 68.5 cm³/mol. The number of rotatable bonds is 3. The molecule has 0 atom stereocenters. The third kappa shape index (κ3) is 2.67. The zero-order valence-electron chi connectivity index (χ0n) is 9.38. The Morgan fingerprint density at radius 1 is 1.50 bits per heavy atom. The van der Waals surface area contributed by atoms with Crippen LogP contribution in [0.15, 0.2) is 18.2 Å². The van der Waals surface area contributed by atoms with Crippen LogP contribution in [0.5, 0.6) is 0 Å². The molecule has 1 aromatic rings. The lowest BCUT2D eigenvalue weighted by Crippen LogP contribution is -2.23. The predicted octanol–water partition coefficient (Wildman–Crippen LogP) is 2.22. The van der Waals surface area contributed by atoms with E-state index in [0.29, 0.717) is 0 Å². The molecule has 2 N–H and O–H groups in total. The molecular weight excluding hydrogens is 224 g/mol. The van der Waals surface area contributed by atoms with Gasteiger partial charge in [-0.05, 0) is 36.6 Å². The van der Waals surface area contributed by atoms with Gasteiger partial charge >= 0.3 is 0 Å². The van der Waals surface area contributed by atoms with Crippen molar-refractivity contribution in [2.45, 2.75) is 19.8 Å². The largest absolute Gasteiger partial charge is 0.384 e. The zero-order valence-corrected chi connectivity index (χ0v) is 10.2. The van der Waals surface area contributed by atoms with Crippen LogP contribution in [-0.4, -0.2) is 19.0 Å². The normalized spacial score (nSPS) is 12.3. The smallest absolute Gasteiger partial charge is 0.251 e. The number of anilines is 1. The zero-order chi connectivity index (χ0) is 10.7. The Hall–Kier alpha value is -1.22. The third-order valence-corrected chi connectivity index (χ3v) is 2.61. The van der Waals surface area contributed by atoms with Gasteiger partial charge in [0.1, 0.15) is 0 Å². The highest BCUT2D eigenvalue weighted by molar-refractivity contribution is 5.95. The van der Waals surface area contributed by atoms with Gasteiger partial charge in [-0.3, -0.25) is 4.79 Å². The van der Waals surface area contributed by atoms with E-state index in [2.05, 4.69) is 10.6 Å². The van der Waals surface area contributed by atoms with Crippen molar-refractivity contribution in [3.8, 4) is 0 Å². The summed E-state index contributed by atoms with van der Waals surface area (Å²) in [5.74, 6) is 0.0338. The van der Waals surface area contributed by atoms with Gasteiger partial charge in [0.05, 0.1) is 0 Å². The van der Waals surface area contributed by atoms with Gasteiger partial charge in [-0.15, -0.1) is 12.4 Å². The van der Waals surface area contributed by atoms with Crippen LogP contribution in [0.2, 0.25) is 0 Å². The SMILES string of the molecule is CCCNC(=O)c1ccc2c(c1)CCN2.Cl. The van der Waals surface area contributed by atoms with Gasteiger partial charge in [0.15, 0.2) is 0 Å². The first kappa shape index (κ1) is 12.8. The highest BCUT2D eigenvalue weighted by atomic mass is 35.5. The molecule has 2 rings (SSSR count). The second-order valence-corrected chi connectivity index (χ2v) is 3.80. The van der Waals surface area contributed by atoms with E-state index in [4.69, 9.17) is 0 Å². The molecule has 0 aliphatic carbocycles. The Balaban J connectivity index is 0.00000128. The number of amides is 1. The monoisotopic (exact) mass is 240 g/mol. The molecule has 4 heteroatoms. The molecule has 0 saturated carbocycles. The molecule has 0 bridgehead atoms. The summed E-state index contributed by atoms with van der Waals surface area (Å²) in [4.78, 5) is 11.7. The average Bonchev–Trinajstić information content (AvgIpc) is 2.72. The first-order chi connectivity index (χ1) is 7.31. The third-order valence-electron chi connectivity index (χ3n) is 2.61. The number of hydrogen-bond acceptors (Lipinski definition) is 2. The summed E-state index contributed by atoms with van der Waals surface area (Å²) in [6.07, 6.45) is 1.99. The molecular formula is C12H17ClN2O. The lowest BCUT2D eigenvalue weighted by molar-refractivity contribution is 0.0953. The van der Waals surface area contributed by atoms with Crippen LogP contribution in [0.4, 0.5) is 5.69 Å². The fraction of sp³-hybridized carbons (Fsp3) is 0.417. The van der Waals surface area contributed by atoms with E-state index in [0.717, 1.165) is 31.5 Å². The standard InChI is InChI=1S/C12H16N2O.ClH/c1-2-6-14-12(15)10-3-4-11-9(8-10)5-7-13-11;/h3-4,8,13H,2,5-7H2,1H3,(H,14,15);1H. The number of fused-ring (bicyclic) bond motifs is 1. The molecule has 1 amide bonds. The van der Waals surface area contributed by atoms with Crippen molar-refractivity contribution in [1.29, 1.82) is 0 Å². The minimum absolute atomic E-state index is 0. The molecule has 0 radical (unpaired) electrons. The van der Waals surface area contributed by atoms with Crippen LogP contribution >= 0.6 is 12.4 Å². The maximum absolute atomic E-state index is 11.7. The van der Waals surface area contributed by atoms with Crippen molar-refractivity contribution >= 4 is 24.0 Å². The average molecular weight is 241 g/mol. The Morgan fingerprint density at radius 3 is 3.06 bits per heavy atom. The first-order valence-corrected chi connectivity index (χ1v) is 5.46. The molecule has 1 aliphatic rings. The Morgan fingerprint density at radius 2 is 2.31 bits per heavy atom. The van der Waals surface area contributed by atoms with Gasteiger partial charge in [-0.1, -0.05) is 6.92 Å². The number of nitrogens with one attached hydrogen (secondary N) is 2. The first-order valence-electron chi connectivity index (χ1n) is 5.46. The second-order valence-electron chi connectivity index (χ2n) is 3.80. The topological polar surface area (TPSA) is 41.1 Å². The Bertz CT molecular complexity index is 379. The molecule has 1 heterocycles. The lowest BCUT2D eigenvalue weighted by atomic mass is 10.1. The molecule has 16 heavy (non-hydrogen) atoms. The summed E-state index contributed by atoms with van der Waals surface area (Å²) in [5, 5.41) is 6.16. The Kier molecular flexibility index (Phi) is 4.62. The molecule has 3 nitrogen and oxygen atoms in total. The van der Waals surface area contributed by atoms with Crippen LogP contribution in [0.1, 0.15) is 29.3 Å². The van der Waals surface area contributed by atoms with Gasteiger partial charge < -0.3 is 10.6 Å². The Labute approximate surface area is 102 Å². The van der Waals surface area contributed by atoms with Crippen molar-refractivity contribution in [2.24, 2.45) is 0 Å². The number of halogens is 1. The van der Waals surface area contributed by atoms with Crippen LogP contribution in [0.25, 0.3) is 0 Å². The minimum atomic E-state index is 0. The number of carbonyl (C=O) groups excluding carboxylic acids is 1. The van der Waals surface area contributed by atoms with Gasteiger partial charge in [0.25, 0.3) is 5.91 Å². The van der Waals surface area contributed by atoms with Gasteiger partial charge in [-0.2, -0.15) is 0 Å². The fourth-order valence-electron chi connectivity index (χ4n) is 1.79. The minimum Gasteiger partial charge on any atom is -0.384 e. The van der Waals surface area contributed by atoms with Crippen LogP contribution in [-0.2, 0) is 6.42 Å². The van der Waals surface area contributed by atoms with Gasteiger partial charge in [0.2, 0.25) is 0 Å². The van der Waals surface area contributed by atoms with Crippen molar-refractivity contribution in [3.05, 3.63) is 29.3 Å². The fourth-order valence-corrected chi connectivity index (χ4v) is 1.79. The molecule has 0 spiro atoms. The highest BCUT2D eigenvalue weighted by Gasteiger charge is 2.12. The summed E-state index contributed by atoms with van der Waals surface area (Å²) in [6, 6.07) is 5.85. The quantitative estimate of drug-likeness (QED) is 0.851. The van der Waals surface area contributed by atoms with E-state index >= 15 is 0 Å². The van der Waals surface area contributed by atoms with Crippen molar-refractivity contribution in [1.82, 2.24) is 5.32 Å². The molecule has 0 unspecified atom stereocenters. The van der Waals surface area contributed by atoms with E-state index in [1.807, 2.05) is 25.1 Å². The molecule has 0 saturated heterocycles. The summed E-state index contributed by atoms with van der Waals surface area (Å²) >= 11 is 0. The summed E-state index contributed by atoms with van der Waals surface area (Å²) in [5.41, 5.74) is 3.19. The van der Waals surface area contributed by atoms with E-state index in [1.54, 1.807) is 0 Å². The maximum Gasteiger partial charge on any atom is 0.251 e. The van der Waals surface area contributed by atoms with Crippen LogP contribution in [0.3, 0.4) is 0 Å². The number of carbonyl (C=O) groups is 1. The van der Waals surface area contributed by atoms with Crippen molar-refractivity contribution < 1.29 is 4.79 Å². The molecule has 88 valence electrons. The van der Waals surface area contributed by atoms with E-state index in [1.165, 1.54) is 11.3 Å². The summed E-state index contributed by atoms with van der Waals surface area (Å²) in [7, 11) is 0. The van der Waals surface area contributed by atoms with Crippen molar-refractivity contribution in [2.75, 3.05) is 18.4 Å². The van der Waals surface area contributed by atoms with E-state index in [-0.39, 0.29) is 18.3 Å². The van der Waals surface area contributed by atoms with Gasteiger partial charge in [-0.25, -0.2) is 0 Å².